The van der Waals surface area contributed by atoms with Gasteiger partial charge in [0.15, 0.2) is 0 Å². The molecular formula is C29H36N4O3. The van der Waals surface area contributed by atoms with E-state index in [1.165, 1.54) is 11.3 Å². The molecule has 0 aliphatic carbocycles. The fourth-order valence-electron chi connectivity index (χ4n) is 4.65. The lowest BCUT2D eigenvalue weighted by Crippen LogP contribution is -2.50. The Hall–Kier alpha value is -3.71. The van der Waals surface area contributed by atoms with Gasteiger partial charge in [-0.05, 0) is 42.0 Å². The Morgan fingerprint density at radius 2 is 1.61 bits per heavy atom. The molecule has 0 radical (unpaired) electrons. The number of anilines is 2. The van der Waals surface area contributed by atoms with E-state index in [4.69, 9.17) is 9.47 Å². The lowest BCUT2D eigenvalue weighted by atomic mass is 10.0. The molecule has 7 nitrogen and oxygen atoms in total. The van der Waals surface area contributed by atoms with Gasteiger partial charge in [-0.3, -0.25) is 9.69 Å². The predicted molar refractivity (Wildman–Crippen MR) is 146 cm³/mol. The van der Waals surface area contributed by atoms with Crippen LogP contribution in [0.3, 0.4) is 0 Å². The molecule has 1 N–H and O–H groups in total. The van der Waals surface area contributed by atoms with Crippen LogP contribution in [0.4, 0.5) is 11.4 Å². The van der Waals surface area contributed by atoms with Gasteiger partial charge in [-0.15, -0.1) is 0 Å². The van der Waals surface area contributed by atoms with Gasteiger partial charge in [0, 0.05) is 64.3 Å². The molecule has 190 valence electrons. The van der Waals surface area contributed by atoms with Crippen LogP contribution < -0.4 is 24.6 Å². The summed E-state index contributed by atoms with van der Waals surface area (Å²) in [5, 5.41) is 3.16. The van der Waals surface area contributed by atoms with E-state index in [2.05, 4.69) is 68.5 Å². The number of piperazine rings is 1. The number of ether oxygens (including phenoxy) is 2. The third-order valence-corrected chi connectivity index (χ3v) is 6.78. The van der Waals surface area contributed by atoms with Gasteiger partial charge in [0.25, 0.3) is 5.91 Å². The lowest BCUT2D eigenvalue weighted by Gasteiger charge is -2.40. The van der Waals surface area contributed by atoms with Crippen LogP contribution in [-0.2, 0) is 0 Å². The second kappa shape index (κ2) is 11.8. The zero-order valence-corrected chi connectivity index (χ0v) is 21.6. The van der Waals surface area contributed by atoms with Crippen LogP contribution in [0.25, 0.3) is 0 Å². The predicted octanol–water partition coefficient (Wildman–Crippen LogP) is 4.06. The number of rotatable bonds is 9. The first kappa shape index (κ1) is 25.4. The zero-order valence-electron chi connectivity index (χ0n) is 21.6. The van der Waals surface area contributed by atoms with Crippen LogP contribution >= 0.6 is 0 Å². The highest BCUT2D eigenvalue weighted by Crippen LogP contribution is 2.27. The summed E-state index contributed by atoms with van der Waals surface area (Å²) < 4.78 is 10.7. The van der Waals surface area contributed by atoms with Crippen LogP contribution in [0.15, 0.2) is 72.8 Å². The van der Waals surface area contributed by atoms with Gasteiger partial charge in [0.1, 0.15) is 11.5 Å². The Bertz CT molecular complexity index is 1130. The Balaban J connectivity index is 1.50. The average molecular weight is 489 g/mol. The summed E-state index contributed by atoms with van der Waals surface area (Å²) in [4.78, 5) is 20.1. The Kier molecular flexibility index (Phi) is 8.33. The summed E-state index contributed by atoms with van der Waals surface area (Å²) >= 11 is 0. The SMILES string of the molecule is COc1ccc(C(=O)NC[C@@H](c2ccc(N(C)C)cc2)N2CCN(c3ccccc3)CC2)c(OC)c1. The number of carbonyl (C=O) groups excluding carboxylic acids is 1. The maximum atomic E-state index is 13.2. The molecule has 4 rings (SSSR count). The maximum Gasteiger partial charge on any atom is 0.255 e. The van der Waals surface area contributed by atoms with Crippen molar-refractivity contribution in [1.29, 1.82) is 0 Å². The number of amides is 1. The summed E-state index contributed by atoms with van der Waals surface area (Å²) in [6.07, 6.45) is 0. The highest BCUT2D eigenvalue weighted by atomic mass is 16.5. The van der Waals surface area contributed by atoms with Crippen molar-refractivity contribution < 1.29 is 14.3 Å². The number of carbonyl (C=O) groups is 1. The summed E-state index contributed by atoms with van der Waals surface area (Å²) in [6, 6.07) is 24.5. The minimum atomic E-state index is -0.160. The minimum Gasteiger partial charge on any atom is -0.497 e. The molecule has 0 unspecified atom stereocenters. The van der Waals surface area contributed by atoms with Crippen LogP contribution in [0.1, 0.15) is 22.0 Å². The molecule has 0 spiro atoms. The molecule has 3 aromatic rings. The number of para-hydroxylation sites is 1. The van der Waals surface area contributed by atoms with E-state index in [-0.39, 0.29) is 11.9 Å². The molecule has 36 heavy (non-hydrogen) atoms. The van der Waals surface area contributed by atoms with Gasteiger partial charge in [0.05, 0.1) is 25.8 Å². The standard InChI is InChI=1S/C29H36N4O3/c1-31(2)23-12-10-22(11-13-23)27(33-18-16-32(17-19-33)24-8-6-5-7-9-24)21-30-29(34)26-15-14-25(35-3)20-28(26)36-4/h5-15,20,27H,16-19,21H2,1-4H3,(H,30,34)/t27-/m0/s1. The van der Waals surface area contributed by atoms with Crippen molar-refractivity contribution in [3.8, 4) is 11.5 Å². The molecule has 1 heterocycles. The fraction of sp³-hybridized carbons (Fsp3) is 0.345. The molecule has 1 amide bonds. The van der Waals surface area contributed by atoms with Crippen LogP contribution in [0.5, 0.6) is 11.5 Å². The summed E-state index contributed by atoms with van der Waals surface area (Å²) in [5.74, 6) is 0.987. The zero-order chi connectivity index (χ0) is 25.5. The molecular weight excluding hydrogens is 452 g/mol. The molecule has 1 atom stereocenters. The topological polar surface area (TPSA) is 57.3 Å². The van der Waals surface area contributed by atoms with E-state index >= 15 is 0 Å². The summed E-state index contributed by atoms with van der Waals surface area (Å²) in [5.41, 5.74) is 4.09. The Labute approximate surface area is 214 Å². The fourth-order valence-corrected chi connectivity index (χ4v) is 4.65. The van der Waals surface area contributed by atoms with Crippen LogP contribution in [0.2, 0.25) is 0 Å². The molecule has 0 bridgehead atoms. The number of hydrogen-bond acceptors (Lipinski definition) is 6. The monoisotopic (exact) mass is 488 g/mol. The minimum absolute atomic E-state index is 0.0623. The first-order chi connectivity index (χ1) is 17.5. The second-order valence-electron chi connectivity index (χ2n) is 9.14. The third kappa shape index (κ3) is 5.91. The van der Waals surface area contributed by atoms with Crippen molar-refractivity contribution >= 4 is 17.3 Å². The van der Waals surface area contributed by atoms with Crippen molar-refractivity contribution in [1.82, 2.24) is 10.2 Å². The van der Waals surface area contributed by atoms with E-state index < -0.39 is 0 Å². The smallest absolute Gasteiger partial charge is 0.255 e. The van der Waals surface area contributed by atoms with E-state index in [9.17, 15) is 4.79 Å². The quantitative estimate of drug-likeness (QED) is 0.490. The molecule has 3 aromatic carbocycles. The molecule has 0 saturated carbocycles. The first-order valence-electron chi connectivity index (χ1n) is 12.3. The molecule has 0 aromatic heterocycles. The summed E-state index contributed by atoms with van der Waals surface area (Å²) in [6.45, 7) is 4.21. The number of benzene rings is 3. The van der Waals surface area contributed by atoms with Crippen LogP contribution in [-0.4, -0.2) is 71.8 Å². The van der Waals surface area contributed by atoms with Crippen molar-refractivity contribution in [3.05, 3.63) is 83.9 Å². The first-order valence-corrected chi connectivity index (χ1v) is 12.3. The van der Waals surface area contributed by atoms with Crippen molar-refractivity contribution in [2.24, 2.45) is 0 Å². The normalized spacial score (nSPS) is 14.7. The molecule has 1 saturated heterocycles. The highest BCUT2D eigenvalue weighted by Gasteiger charge is 2.26. The Morgan fingerprint density at radius 3 is 2.22 bits per heavy atom. The molecule has 1 aliphatic heterocycles. The van der Waals surface area contributed by atoms with E-state index in [1.807, 2.05) is 20.2 Å². The van der Waals surface area contributed by atoms with Gasteiger partial charge >= 0.3 is 0 Å². The van der Waals surface area contributed by atoms with Crippen molar-refractivity contribution in [2.45, 2.75) is 6.04 Å². The number of nitrogens with zero attached hydrogens (tertiary/aromatic N) is 3. The maximum absolute atomic E-state index is 13.2. The number of methoxy groups -OCH3 is 2. The third-order valence-electron chi connectivity index (χ3n) is 6.78. The van der Waals surface area contributed by atoms with Gasteiger partial charge < -0.3 is 24.6 Å². The van der Waals surface area contributed by atoms with E-state index in [0.717, 1.165) is 31.9 Å². The van der Waals surface area contributed by atoms with Gasteiger partial charge in [-0.2, -0.15) is 0 Å². The van der Waals surface area contributed by atoms with E-state index in [1.54, 1.807) is 32.4 Å². The average Bonchev–Trinajstić information content (AvgIpc) is 2.93. The molecule has 7 heteroatoms. The second-order valence-corrected chi connectivity index (χ2v) is 9.14. The van der Waals surface area contributed by atoms with E-state index in [0.29, 0.717) is 23.6 Å². The molecule has 1 aliphatic rings. The lowest BCUT2D eigenvalue weighted by molar-refractivity contribution is 0.0927. The number of hydrogen-bond donors (Lipinski definition) is 1. The number of nitrogens with one attached hydrogen (secondary N) is 1. The van der Waals surface area contributed by atoms with Crippen LogP contribution in [0, 0.1) is 0 Å². The Morgan fingerprint density at radius 1 is 0.917 bits per heavy atom. The summed E-state index contributed by atoms with van der Waals surface area (Å²) in [7, 11) is 7.24. The van der Waals surface area contributed by atoms with Gasteiger partial charge in [-0.25, -0.2) is 0 Å². The largest absolute Gasteiger partial charge is 0.497 e. The van der Waals surface area contributed by atoms with Gasteiger partial charge in [-0.1, -0.05) is 30.3 Å². The molecule has 1 fully saturated rings. The van der Waals surface area contributed by atoms with Crippen molar-refractivity contribution in [2.75, 3.05) is 70.8 Å². The van der Waals surface area contributed by atoms with Gasteiger partial charge in [0.2, 0.25) is 0 Å². The highest BCUT2D eigenvalue weighted by molar-refractivity contribution is 5.97. The van der Waals surface area contributed by atoms with Crippen molar-refractivity contribution in [3.63, 3.8) is 0 Å².